The van der Waals surface area contributed by atoms with Gasteiger partial charge in [-0.2, -0.15) is 0 Å². The third-order valence-electron chi connectivity index (χ3n) is 4.27. The number of aryl methyl sites for hydroxylation is 1. The van der Waals surface area contributed by atoms with Gasteiger partial charge in [-0.15, -0.1) is 0 Å². The van der Waals surface area contributed by atoms with Crippen LogP contribution in [0.1, 0.15) is 42.2 Å². The first-order chi connectivity index (χ1) is 9.98. The van der Waals surface area contributed by atoms with Gasteiger partial charge in [-0.25, -0.2) is 14.4 Å². The van der Waals surface area contributed by atoms with E-state index >= 15 is 0 Å². The zero-order chi connectivity index (χ0) is 15.0. The molecule has 0 aliphatic carbocycles. The average molecular weight is 285 g/mol. The fraction of sp³-hybridized carbons (Fsp3) is 0.412. The van der Waals surface area contributed by atoms with Gasteiger partial charge in [0.25, 0.3) is 0 Å². The van der Waals surface area contributed by atoms with E-state index < -0.39 is 0 Å². The molecule has 3 rings (SSSR count). The summed E-state index contributed by atoms with van der Waals surface area (Å²) in [7, 11) is 0. The zero-order valence-corrected chi connectivity index (χ0v) is 12.7. The Hall–Kier alpha value is -1.81. The van der Waals surface area contributed by atoms with E-state index in [1.807, 2.05) is 12.1 Å². The van der Waals surface area contributed by atoms with E-state index in [0.717, 1.165) is 42.3 Å². The van der Waals surface area contributed by atoms with E-state index in [4.69, 9.17) is 9.97 Å². The van der Waals surface area contributed by atoms with Crippen LogP contribution >= 0.6 is 0 Å². The predicted molar refractivity (Wildman–Crippen MR) is 80.7 cm³/mol. The topological polar surface area (TPSA) is 37.8 Å². The molecule has 0 spiro atoms. The largest absolute Gasteiger partial charge is 0.311 e. The lowest BCUT2D eigenvalue weighted by Gasteiger charge is -2.27. The molecule has 4 heteroatoms. The van der Waals surface area contributed by atoms with Crippen LogP contribution in [0.25, 0.3) is 0 Å². The second-order valence-corrected chi connectivity index (χ2v) is 6.12. The SMILES string of the molecule is Cc1nc(C(C)(C)c2ccc(F)cc2)nc2c1CCNC2. The van der Waals surface area contributed by atoms with E-state index in [9.17, 15) is 4.39 Å². The Bertz CT molecular complexity index is 662. The molecule has 1 aliphatic rings. The fourth-order valence-corrected chi connectivity index (χ4v) is 2.82. The van der Waals surface area contributed by atoms with Crippen molar-refractivity contribution in [3.05, 3.63) is 58.4 Å². The zero-order valence-electron chi connectivity index (χ0n) is 12.7. The first kappa shape index (κ1) is 14.1. The molecule has 110 valence electrons. The molecule has 0 fully saturated rings. The van der Waals surface area contributed by atoms with E-state index in [1.165, 1.54) is 17.7 Å². The van der Waals surface area contributed by atoms with Crippen LogP contribution in [0.4, 0.5) is 4.39 Å². The summed E-state index contributed by atoms with van der Waals surface area (Å²) in [6.07, 6.45) is 0.985. The van der Waals surface area contributed by atoms with E-state index in [0.29, 0.717) is 0 Å². The molecule has 1 aromatic heterocycles. The summed E-state index contributed by atoms with van der Waals surface area (Å²) in [4.78, 5) is 9.50. The molecular weight excluding hydrogens is 265 g/mol. The van der Waals surface area contributed by atoms with Crippen LogP contribution in [-0.4, -0.2) is 16.5 Å². The second-order valence-electron chi connectivity index (χ2n) is 6.12. The molecule has 2 heterocycles. The minimum Gasteiger partial charge on any atom is -0.311 e. The van der Waals surface area contributed by atoms with Crippen molar-refractivity contribution >= 4 is 0 Å². The fourth-order valence-electron chi connectivity index (χ4n) is 2.82. The Labute approximate surface area is 124 Å². The van der Waals surface area contributed by atoms with Gasteiger partial charge in [-0.3, -0.25) is 0 Å². The van der Waals surface area contributed by atoms with Crippen molar-refractivity contribution in [3.8, 4) is 0 Å². The quantitative estimate of drug-likeness (QED) is 0.922. The number of nitrogens with zero attached hydrogens (tertiary/aromatic N) is 2. The molecule has 21 heavy (non-hydrogen) atoms. The van der Waals surface area contributed by atoms with Crippen LogP contribution in [0.3, 0.4) is 0 Å². The molecular formula is C17H20FN3. The number of hydrogen-bond acceptors (Lipinski definition) is 3. The van der Waals surface area contributed by atoms with Gasteiger partial charge in [-0.1, -0.05) is 12.1 Å². The molecule has 0 atom stereocenters. The summed E-state index contributed by atoms with van der Waals surface area (Å²) >= 11 is 0. The van der Waals surface area contributed by atoms with Crippen molar-refractivity contribution in [2.75, 3.05) is 6.54 Å². The van der Waals surface area contributed by atoms with Gasteiger partial charge in [0.2, 0.25) is 0 Å². The summed E-state index contributed by atoms with van der Waals surface area (Å²) in [5.41, 5.74) is 4.11. The van der Waals surface area contributed by atoms with Gasteiger partial charge in [0.05, 0.1) is 5.69 Å². The maximum atomic E-state index is 13.1. The number of fused-ring (bicyclic) bond motifs is 1. The number of aromatic nitrogens is 2. The van der Waals surface area contributed by atoms with Crippen LogP contribution in [0.2, 0.25) is 0 Å². The van der Waals surface area contributed by atoms with Gasteiger partial charge in [0.1, 0.15) is 11.6 Å². The normalized spacial score (nSPS) is 14.9. The van der Waals surface area contributed by atoms with Crippen LogP contribution in [0.15, 0.2) is 24.3 Å². The lowest BCUT2D eigenvalue weighted by atomic mass is 9.83. The summed E-state index contributed by atoms with van der Waals surface area (Å²) in [5, 5.41) is 3.35. The second kappa shape index (κ2) is 5.19. The van der Waals surface area contributed by atoms with Crippen LogP contribution in [0, 0.1) is 12.7 Å². The minimum atomic E-state index is -0.342. The van der Waals surface area contributed by atoms with Gasteiger partial charge < -0.3 is 5.32 Å². The molecule has 1 N–H and O–H groups in total. The van der Waals surface area contributed by atoms with E-state index in [2.05, 4.69) is 26.1 Å². The number of hydrogen-bond donors (Lipinski definition) is 1. The lowest BCUT2D eigenvalue weighted by Crippen LogP contribution is -2.30. The van der Waals surface area contributed by atoms with E-state index in [-0.39, 0.29) is 11.2 Å². The number of rotatable bonds is 2. The molecule has 0 radical (unpaired) electrons. The molecule has 0 amide bonds. The maximum absolute atomic E-state index is 13.1. The summed E-state index contributed by atoms with van der Waals surface area (Å²) in [5.74, 6) is 0.579. The van der Waals surface area contributed by atoms with Crippen LogP contribution in [0.5, 0.6) is 0 Å². The third kappa shape index (κ3) is 2.56. The highest BCUT2D eigenvalue weighted by Gasteiger charge is 2.28. The monoisotopic (exact) mass is 285 g/mol. The Kier molecular flexibility index (Phi) is 3.49. The Balaban J connectivity index is 2.06. The van der Waals surface area contributed by atoms with Crippen molar-refractivity contribution in [1.29, 1.82) is 0 Å². The number of halogens is 1. The van der Waals surface area contributed by atoms with Crippen LogP contribution < -0.4 is 5.32 Å². The van der Waals surface area contributed by atoms with Crippen molar-refractivity contribution in [2.24, 2.45) is 0 Å². The Morgan fingerprint density at radius 2 is 1.86 bits per heavy atom. The summed E-state index contributed by atoms with van der Waals surface area (Å²) in [6.45, 7) is 7.99. The third-order valence-corrected chi connectivity index (χ3v) is 4.27. The summed E-state index contributed by atoms with van der Waals surface area (Å²) < 4.78 is 13.1. The van der Waals surface area contributed by atoms with E-state index in [1.54, 1.807) is 0 Å². The Morgan fingerprint density at radius 3 is 2.57 bits per heavy atom. The van der Waals surface area contributed by atoms with Crippen molar-refractivity contribution < 1.29 is 4.39 Å². The molecule has 3 nitrogen and oxygen atoms in total. The van der Waals surface area contributed by atoms with Crippen molar-refractivity contribution in [1.82, 2.24) is 15.3 Å². The molecule has 1 aliphatic heterocycles. The highest BCUT2D eigenvalue weighted by Crippen LogP contribution is 2.30. The minimum absolute atomic E-state index is 0.221. The van der Waals surface area contributed by atoms with Gasteiger partial charge in [0.15, 0.2) is 0 Å². The first-order valence-corrected chi connectivity index (χ1v) is 7.32. The average Bonchev–Trinajstić information content (AvgIpc) is 2.47. The van der Waals surface area contributed by atoms with Gasteiger partial charge in [0, 0.05) is 17.7 Å². The van der Waals surface area contributed by atoms with Crippen molar-refractivity contribution in [3.63, 3.8) is 0 Å². The number of nitrogens with one attached hydrogen (secondary N) is 1. The standard InChI is InChI=1S/C17H20FN3/c1-11-14-8-9-19-10-15(14)21-16(20-11)17(2,3)12-4-6-13(18)7-5-12/h4-7,19H,8-10H2,1-3H3. The molecule has 0 unspecified atom stereocenters. The maximum Gasteiger partial charge on any atom is 0.138 e. The predicted octanol–water partition coefficient (Wildman–Crippen LogP) is 2.90. The smallest absolute Gasteiger partial charge is 0.138 e. The van der Waals surface area contributed by atoms with Crippen molar-refractivity contribution in [2.45, 2.75) is 39.2 Å². The van der Waals surface area contributed by atoms with Gasteiger partial charge >= 0.3 is 0 Å². The first-order valence-electron chi connectivity index (χ1n) is 7.32. The molecule has 0 saturated heterocycles. The van der Waals surface area contributed by atoms with Crippen LogP contribution in [-0.2, 0) is 18.4 Å². The highest BCUT2D eigenvalue weighted by atomic mass is 19.1. The molecule has 0 bridgehead atoms. The highest BCUT2D eigenvalue weighted by molar-refractivity contribution is 5.35. The molecule has 2 aromatic rings. The summed E-state index contributed by atoms with van der Waals surface area (Å²) in [6, 6.07) is 6.60. The lowest BCUT2D eigenvalue weighted by molar-refractivity contribution is 0.553. The Morgan fingerprint density at radius 1 is 1.14 bits per heavy atom. The number of benzene rings is 1. The molecule has 0 saturated carbocycles. The molecule has 1 aromatic carbocycles. The van der Waals surface area contributed by atoms with Gasteiger partial charge in [-0.05, 0) is 57.0 Å².